The maximum absolute atomic E-state index is 12.3. The third-order valence-electron chi connectivity index (χ3n) is 3.45. The van der Waals surface area contributed by atoms with Crippen molar-refractivity contribution in [1.29, 1.82) is 0 Å². The molecule has 0 saturated carbocycles. The number of carbonyl (C=O) groups excluding carboxylic acids is 1. The molecule has 108 valence electrons. The second kappa shape index (κ2) is 5.35. The van der Waals surface area contributed by atoms with Crippen LogP contribution in [0.3, 0.4) is 0 Å². The minimum absolute atomic E-state index is 0.0313. The van der Waals surface area contributed by atoms with E-state index in [9.17, 15) is 9.59 Å². The van der Waals surface area contributed by atoms with Gasteiger partial charge in [0.15, 0.2) is 0 Å². The minimum Gasteiger partial charge on any atom is -0.480 e. The van der Waals surface area contributed by atoms with E-state index in [1.54, 1.807) is 24.4 Å². The summed E-state index contributed by atoms with van der Waals surface area (Å²) in [6.07, 6.45) is 2.75. The second-order valence-corrected chi connectivity index (χ2v) is 4.79. The van der Waals surface area contributed by atoms with E-state index in [0.29, 0.717) is 30.8 Å². The topological polar surface area (TPSA) is 96.5 Å². The molecule has 21 heavy (non-hydrogen) atoms. The predicted octanol–water partition coefficient (Wildman–Crippen LogP) is 1.43. The van der Waals surface area contributed by atoms with Crippen molar-refractivity contribution in [1.82, 2.24) is 15.0 Å². The van der Waals surface area contributed by atoms with Gasteiger partial charge in [-0.1, -0.05) is 11.2 Å². The van der Waals surface area contributed by atoms with Gasteiger partial charge in [-0.2, -0.15) is 0 Å². The first kappa shape index (κ1) is 13.3. The first-order chi connectivity index (χ1) is 10.2. The molecular weight excluding hydrogens is 274 g/mol. The third kappa shape index (κ3) is 2.49. The smallest absolute Gasteiger partial charge is 0.326 e. The average Bonchev–Trinajstić information content (AvgIpc) is 3.17. The van der Waals surface area contributed by atoms with Crippen molar-refractivity contribution in [2.45, 2.75) is 18.9 Å². The number of hydrogen-bond donors (Lipinski definition) is 1. The van der Waals surface area contributed by atoms with Gasteiger partial charge in [-0.3, -0.25) is 9.78 Å². The Morgan fingerprint density at radius 3 is 2.90 bits per heavy atom. The lowest BCUT2D eigenvalue weighted by atomic mass is 10.2. The first-order valence-corrected chi connectivity index (χ1v) is 6.58. The summed E-state index contributed by atoms with van der Waals surface area (Å²) in [6.45, 7) is 0.412. The van der Waals surface area contributed by atoms with Gasteiger partial charge in [-0.15, -0.1) is 0 Å². The van der Waals surface area contributed by atoms with E-state index in [-0.39, 0.29) is 5.76 Å². The normalized spacial score (nSPS) is 17.9. The highest BCUT2D eigenvalue weighted by atomic mass is 16.5. The van der Waals surface area contributed by atoms with Gasteiger partial charge in [0.1, 0.15) is 11.7 Å². The van der Waals surface area contributed by atoms with Crippen LogP contribution in [0.4, 0.5) is 0 Å². The molecule has 1 saturated heterocycles. The van der Waals surface area contributed by atoms with Gasteiger partial charge in [-0.05, 0) is 25.0 Å². The summed E-state index contributed by atoms with van der Waals surface area (Å²) in [5, 5.41) is 12.9. The lowest BCUT2D eigenvalue weighted by Crippen LogP contribution is -2.40. The van der Waals surface area contributed by atoms with Gasteiger partial charge in [0.2, 0.25) is 5.76 Å². The van der Waals surface area contributed by atoms with Crippen LogP contribution in [0, 0.1) is 0 Å². The van der Waals surface area contributed by atoms with Gasteiger partial charge in [0, 0.05) is 18.8 Å². The van der Waals surface area contributed by atoms with E-state index in [0.717, 1.165) is 0 Å². The zero-order chi connectivity index (χ0) is 14.8. The highest BCUT2D eigenvalue weighted by molar-refractivity contribution is 5.95. The van der Waals surface area contributed by atoms with Crippen LogP contribution >= 0.6 is 0 Å². The molecule has 3 heterocycles. The number of likely N-dealkylation sites (tertiary alicyclic amines) is 1. The Morgan fingerprint density at radius 1 is 1.33 bits per heavy atom. The van der Waals surface area contributed by atoms with Gasteiger partial charge in [-0.25, -0.2) is 4.79 Å². The number of carbonyl (C=O) groups is 2. The molecule has 1 fully saturated rings. The van der Waals surface area contributed by atoms with Gasteiger partial charge in [0.25, 0.3) is 5.91 Å². The van der Waals surface area contributed by atoms with Crippen LogP contribution < -0.4 is 0 Å². The number of nitrogens with zero attached hydrogens (tertiary/aromatic N) is 3. The monoisotopic (exact) mass is 287 g/mol. The van der Waals surface area contributed by atoms with Crippen LogP contribution in [0.15, 0.2) is 35.0 Å². The largest absolute Gasteiger partial charge is 0.480 e. The summed E-state index contributed by atoms with van der Waals surface area (Å²) in [4.78, 5) is 28.9. The molecule has 0 unspecified atom stereocenters. The van der Waals surface area contributed by atoms with E-state index in [2.05, 4.69) is 10.1 Å². The molecule has 0 bridgehead atoms. The van der Waals surface area contributed by atoms with Crippen molar-refractivity contribution in [2.24, 2.45) is 0 Å². The molecule has 7 heteroatoms. The van der Waals surface area contributed by atoms with Crippen molar-refractivity contribution in [3.63, 3.8) is 0 Å². The quantitative estimate of drug-likeness (QED) is 0.917. The zero-order valence-corrected chi connectivity index (χ0v) is 11.1. The lowest BCUT2D eigenvalue weighted by molar-refractivity contribution is -0.141. The Morgan fingerprint density at radius 2 is 2.19 bits per heavy atom. The van der Waals surface area contributed by atoms with E-state index in [4.69, 9.17) is 9.63 Å². The van der Waals surface area contributed by atoms with Crippen LogP contribution in [0.25, 0.3) is 11.4 Å². The highest BCUT2D eigenvalue weighted by Crippen LogP contribution is 2.22. The standard InChI is InChI=1S/C14H13N3O4/c18-13(17-7-3-5-11(17)14(19)20)12-8-10(16-21-12)9-4-1-2-6-15-9/h1-2,4,6,8,11H,3,5,7H2,(H,19,20)/t11-/m1/s1. The number of amides is 1. The van der Waals surface area contributed by atoms with Crippen molar-refractivity contribution in [3.8, 4) is 11.4 Å². The van der Waals surface area contributed by atoms with E-state index >= 15 is 0 Å². The number of carboxylic acids is 1. The van der Waals surface area contributed by atoms with Gasteiger partial charge >= 0.3 is 5.97 Å². The van der Waals surface area contributed by atoms with Crippen LogP contribution in [-0.4, -0.2) is 44.6 Å². The fourth-order valence-corrected chi connectivity index (χ4v) is 2.42. The summed E-state index contributed by atoms with van der Waals surface area (Å²) < 4.78 is 5.05. The number of pyridine rings is 1. The Kier molecular flexibility index (Phi) is 3.39. The molecule has 1 atom stereocenters. The maximum Gasteiger partial charge on any atom is 0.326 e. The molecule has 1 amide bonds. The molecule has 0 aromatic carbocycles. The molecule has 0 aliphatic carbocycles. The second-order valence-electron chi connectivity index (χ2n) is 4.79. The molecule has 3 rings (SSSR count). The Hall–Kier alpha value is -2.70. The molecule has 0 radical (unpaired) electrons. The third-order valence-corrected chi connectivity index (χ3v) is 3.45. The number of rotatable bonds is 3. The lowest BCUT2D eigenvalue weighted by Gasteiger charge is -2.19. The highest BCUT2D eigenvalue weighted by Gasteiger charge is 2.36. The van der Waals surface area contributed by atoms with E-state index in [1.807, 2.05) is 0 Å². The van der Waals surface area contributed by atoms with Crippen LogP contribution in [0.2, 0.25) is 0 Å². The minimum atomic E-state index is -0.995. The van der Waals surface area contributed by atoms with Crippen molar-refractivity contribution in [2.75, 3.05) is 6.54 Å². The molecule has 2 aromatic rings. The fourth-order valence-electron chi connectivity index (χ4n) is 2.42. The summed E-state index contributed by atoms with van der Waals surface area (Å²) in [5.41, 5.74) is 1.04. The van der Waals surface area contributed by atoms with Crippen LogP contribution in [0.1, 0.15) is 23.4 Å². The van der Waals surface area contributed by atoms with Crippen molar-refractivity contribution in [3.05, 3.63) is 36.2 Å². The molecule has 1 N–H and O–H groups in total. The predicted molar refractivity (Wildman–Crippen MR) is 71.4 cm³/mol. The molecule has 2 aromatic heterocycles. The van der Waals surface area contributed by atoms with Crippen molar-refractivity contribution < 1.29 is 19.2 Å². The van der Waals surface area contributed by atoms with E-state index < -0.39 is 17.9 Å². The Balaban J connectivity index is 1.83. The summed E-state index contributed by atoms with van der Waals surface area (Å²) >= 11 is 0. The fraction of sp³-hybridized carbons (Fsp3) is 0.286. The Labute approximate surface area is 120 Å². The molecule has 0 spiro atoms. The van der Waals surface area contributed by atoms with Gasteiger partial charge < -0.3 is 14.5 Å². The van der Waals surface area contributed by atoms with Crippen LogP contribution in [-0.2, 0) is 4.79 Å². The number of hydrogen-bond acceptors (Lipinski definition) is 5. The average molecular weight is 287 g/mol. The number of aliphatic carboxylic acids is 1. The number of aromatic nitrogens is 2. The molecule has 1 aliphatic heterocycles. The molecule has 1 aliphatic rings. The van der Waals surface area contributed by atoms with Crippen molar-refractivity contribution >= 4 is 11.9 Å². The zero-order valence-electron chi connectivity index (χ0n) is 11.1. The molecular formula is C14H13N3O4. The van der Waals surface area contributed by atoms with E-state index in [1.165, 1.54) is 11.0 Å². The maximum atomic E-state index is 12.3. The van der Waals surface area contributed by atoms with Gasteiger partial charge in [0.05, 0.1) is 5.69 Å². The summed E-state index contributed by atoms with van der Waals surface area (Å²) in [6, 6.07) is 6.03. The summed E-state index contributed by atoms with van der Waals surface area (Å²) in [5.74, 6) is -1.41. The van der Waals surface area contributed by atoms with Crippen LogP contribution in [0.5, 0.6) is 0 Å². The first-order valence-electron chi connectivity index (χ1n) is 6.58. The molecule has 7 nitrogen and oxygen atoms in total. The summed E-state index contributed by atoms with van der Waals surface area (Å²) in [7, 11) is 0. The number of carboxylic acid groups (broad SMARTS) is 1. The SMILES string of the molecule is O=C(O)[C@H]1CCCN1C(=O)c1cc(-c2ccccn2)no1. The Bertz CT molecular complexity index is 668.